The van der Waals surface area contributed by atoms with Crippen LogP contribution < -0.4 is 15.4 Å². The fourth-order valence-corrected chi connectivity index (χ4v) is 3.75. The molecule has 1 saturated heterocycles. The summed E-state index contributed by atoms with van der Waals surface area (Å²) < 4.78 is 5.19. The van der Waals surface area contributed by atoms with Gasteiger partial charge in [-0.2, -0.15) is 0 Å². The first kappa shape index (κ1) is 18.5. The highest BCUT2D eigenvalue weighted by Gasteiger charge is 2.51. The SMILES string of the molecule is COc1ccc(Cl)cc1NC(=O)CCN1C(=O)NC2(CCCCC2)C1=O. The van der Waals surface area contributed by atoms with Crippen LogP contribution in [0.2, 0.25) is 5.02 Å². The predicted octanol–water partition coefficient (Wildman–Crippen LogP) is 2.93. The number of hydrogen-bond acceptors (Lipinski definition) is 4. The Kier molecular flexibility index (Phi) is 5.36. The van der Waals surface area contributed by atoms with Gasteiger partial charge >= 0.3 is 6.03 Å². The molecule has 1 aliphatic carbocycles. The maximum absolute atomic E-state index is 12.7. The molecule has 26 heavy (non-hydrogen) atoms. The second kappa shape index (κ2) is 7.53. The Morgan fingerprint density at radius 2 is 2.04 bits per heavy atom. The van der Waals surface area contributed by atoms with Crippen LogP contribution >= 0.6 is 11.6 Å². The molecule has 1 aliphatic heterocycles. The fourth-order valence-electron chi connectivity index (χ4n) is 3.58. The van der Waals surface area contributed by atoms with Gasteiger partial charge in [-0.15, -0.1) is 0 Å². The number of rotatable bonds is 5. The molecular formula is C18H22ClN3O4. The molecule has 3 rings (SSSR count). The Bertz CT molecular complexity index is 731. The third kappa shape index (κ3) is 3.62. The van der Waals surface area contributed by atoms with Gasteiger partial charge in [-0.05, 0) is 31.0 Å². The van der Waals surface area contributed by atoms with Gasteiger partial charge in [0.25, 0.3) is 5.91 Å². The first-order valence-corrected chi connectivity index (χ1v) is 9.10. The zero-order chi connectivity index (χ0) is 18.7. The van der Waals surface area contributed by atoms with E-state index in [1.165, 1.54) is 7.11 Å². The maximum atomic E-state index is 12.7. The van der Waals surface area contributed by atoms with Gasteiger partial charge in [-0.25, -0.2) is 4.79 Å². The Morgan fingerprint density at radius 1 is 1.31 bits per heavy atom. The van der Waals surface area contributed by atoms with Crippen molar-refractivity contribution in [2.45, 2.75) is 44.1 Å². The number of imide groups is 1. The number of amides is 4. The average Bonchev–Trinajstić information content (AvgIpc) is 2.84. The Balaban J connectivity index is 1.60. The molecule has 0 unspecified atom stereocenters. The lowest BCUT2D eigenvalue weighted by molar-refractivity contribution is -0.132. The van der Waals surface area contributed by atoms with E-state index in [-0.39, 0.29) is 24.8 Å². The highest BCUT2D eigenvalue weighted by molar-refractivity contribution is 6.31. The van der Waals surface area contributed by atoms with E-state index in [0.29, 0.717) is 29.3 Å². The van der Waals surface area contributed by atoms with Crippen LogP contribution in [0.3, 0.4) is 0 Å². The van der Waals surface area contributed by atoms with Crippen molar-refractivity contribution in [1.82, 2.24) is 10.2 Å². The van der Waals surface area contributed by atoms with Gasteiger partial charge in [-0.1, -0.05) is 30.9 Å². The molecule has 2 fully saturated rings. The van der Waals surface area contributed by atoms with Crippen LogP contribution in [0, 0.1) is 0 Å². The first-order chi connectivity index (χ1) is 12.4. The van der Waals surface area contributed by atoms with E-state index < -0.39 is 11.6 Å². The van der Waals surface area contributed by atoms with Gasteiger partial charge in [-0.3, -0.25) is 14.5 Å². The quantitative estimate of drug-likeness (QED) is 0.770. The molecule has 1 aromatic rings. The molecule has 0 atom stereocenters. The highest BCUT2D eigenvalue weighted by atomic mass is 35.5. The number of methoxy groups -OCH3 is 1. The number of hydrogen-bond donors (Lipinski definition) is 2. The lowest BCUT2D eigenvalue weighted by atomic mass is 9.82. The van der Waals surface area contributed by atoms with E-state index in [1.807, 2.05) is 0 Å². The number of nitrogens with zero attached hydrogens (tertiary/aromatic N) is 1. The van der Waals surface area contributed by atoms with E-state index in [2.05, 4.69) is 10.6 Å². The van der Waals surface area contributed by atoms with E-state index in [1.54, 1.807) is 18.2 Å². The largest absolute Gasteiger partial charge is 0.495 e. The minimum absolute atomic E-state index is 0.00487. The predicted molar refractivity (Wildman–Crippen MR) is 97.3 cm³/mol. The molecule has 2 N–H and O–H groups in total. The number of ether oxygens (including phenoxy) is 1. The van der Waals surface area contributed by atoms with Crippen LogP contribution in [0.5, 0.6) is 5.75 Å². The molecule has 0 bridgehead atoms. The number of halogens is 1. The van der Waals surface area contributed by atoms with Crippen LogP contribution in [0.1, 0.15) is 38.5 Å². The smallest absolute Gasteiger partial charge is 0.325 e. The van der Waals surface area contributed by atoms with Crippen molar-refractivity contribution >= 4 is 35.1 Å². The molecule has 7 nitrogen and oxygen atoms in total. The van der Waals surface area contributed by atoms with Crippen molar-refractivity contribution in [3.05, 3.63) is 23.2 Å². The number of nitrogens with one attached hydrogen (secondary N) is 2. The maximum Gasteiger partial charge on any atom is 0.325 e. The molecule has 1 aromatic carbocycles. The summed E-state index contributed by atoms with van der Waals surface area (Å²) in [6.45, 7) is 0.0428. The van der Waals surface area contributed by atoms with Crippen molar-refractivity contribution in [3.8, 4) is 5.75 Å². The molecule has 1 saturated carbocycles. The van der Waals surface area contributed by atoms with Crippen LogP contribution in [-0.4, -0.2) is 41.9 Å². The number of carbonyl (C=O) groups excluding carboxylic acids is 3. The summed E-state index contributed by atoms with van der Waals surface area (Å²) in [6.07, 6.45) is 4.27. The van der Waals surface area contributed by atoms with Gasteiger partial charge in [0.05, 0.1) is 12.8 Å². The second-order valence-corrected chi connectivity index (χ2v) is 7.11. The van der Waals surface area contributed by atoms with E-state index in [4.69, 9.17) is 16.3 Å². The molecule has 0 aromatic heterocycles. The molecule has 1 heterocycles. The first-order valence-electron chi connectivity index (χ1n) is 8.73. The summed E-state index contributed by atoms with van der Waals surface area (Å²) in [7, 11) is 1.50. The van der Waals surface area contributed by atoms with Crippen molar-refractivity contribution in [3.63, 3.8) is 0 Å². The Hall–Kier alpha value is -2.28. The Morgan fingerprint density at radius 3 is 2.73 bits per heavy atom. The van der Waals surface area contributed by atoms with Crippen molar-refractivity contribution < 1.29 is 19.1 Å². The molecule has 0 radical (unpaired) electrons. The van der Waals surface area contributed by atoms with Gasteiger partial charge in [0, 0.05) is 18.0 Å². The third-order valence-corrected chi connectivity index (χ3v) is 5.19. The van der Waals surface area contributed by atoms with Crippen molar-refractivity contribution in [2.24, 2.45) is 0 Å². The number of benzene rings is 1. The van der Waals surface area contributed by atoms with Crippen LogP contribution in [-0.2, 0) is 9.59 Å². The lowest BCUT2D eigenvalue weighted by Crippen LogP contribution is -2.48. The van der Waals surface area contributed by atoms with Gasteiger partial charge < -0.3 is 15.4 Å². The fraction of sp³-hybridized carbons (Fsp3) is 0.500. The van der Waals surface area contributed by atoms with Gasteiger partial charge in [0.2, 0.25) is 5.91 Å². The summed E-state index contributed by atoms with van der Waals surface area (Å²) in [5.74, 6) is -0.0509. The number of urea groups is 1. The minimum atomic E-state index is -0.762. The normalized spacial score (nSPS) is 18.8. The summed E-state index contributed by atoms with van der Waals surface area (Å²) in [6, 6.07) is 4.49. The molecule has 140 valence electrons. The summed E-state index contributed by atoms with van der Waals surface area (Å²) >= 11 is 5.95. The van der Waals surface area contributed by atoms with E-state index in [0.717, 1.165) is 24.2 Å². The zero-order valence-corrected chi connectivity index (χ0v) is 15.4. The Labute approximate surface area is 157 Å². The van der Waals surface area contributed by atoms with E-state index >= 15 is 0 Å². The second-order valence-electron chi connectivity index (χ2n) is 6.67. The average molecular weight is 380 g/mol. The molecule has 1 spiro atoms. The van der Waals surface area contributed by atoms with Crippen LogP contribution in [0.4, 0.5) is 10.5 Å². The van der Waals surface area contributed by atoms with Gasteiger partial charge in [0.15, 0.2) is 0 Å². The summed E-state index contributed by atoms with van der Waals surface area (Å²) in [5, 5.41) is 6.01. The molecule has 8 heteroatoms. The minimum Gasteiger partial charge on any atom is -0.495 e. The topological polar surface area (TPSA) is 87.7 Å². The summed E-state index contributed by atoms with van der Waals surface area (Å²) in [5.41, 5.74) is -0.312. The van der Waals surface area contributed by atoms with E-state index in [9.17, 15) is 14.4 Å². The molecular weight excluding hydrogens is 358 g/mol. The van der Waals surface area contributed by atoms with Crippen LogP contribution in [0.25, 0.3) is 0 Å². The highest BCUT2D eigenvalue weighted by Crippen LogP contribution is 2.33. The lowest BCUT2D eigenvalue weighted by Gasteiger charge is -2.30. The molecule has 2 aliphatic rings. The molecule has 4 amide bonds. The van der Waals surface area contributed by atoms with Crippen LogP contribution in [0.15, 0.2) is 18.2 Å². The number of carbonyl (C=O) groups is 3. The van der Waals surface area contributed by atoms with Crippen molar-refractivity contribution in [2.75, 3.05) is 19.0 Å². The standard InChI is InChI=1S/C18H22ClN3O4/c1-26-14-6-5-12(19)11-13(14)20-15(23)7-10-22-16(24)18(21-17(22)25)8-3-2-4-9-18/h5-6,11H,2-4,7-10H2,1H3,(H,20,23)(H,21,25). The zero-order valence-electron chi connectivity index (χ0n) is 14.6. The number of anilines is 1. The van der Waals surface area contributed by atoms with Gasteiger partial charge in [0.1, 0.15) is 11.3 Å². The third-order valence-electron chi connectivity index (χ3n) is 4.95. The monoisotopic (exact) mass is 379 g/mol. The van der Waals surface area contributed by atoms with Crippen molar-refractivity contribution in [1.29, 1.82) is 0 Å². The summed E-state index contributed by atoms with van der Waals surface area (Å²) in [4.78, 5) is 38.3.